The molecule has 0 bridgehead atoms. The number of unbranched alkanes of at least 4 members (excludes halogenated alkanes) is 1. The Labute approximate surface area is 105 Å². The van der Waals surface area contributed by atoms with E-state index in [-0.39, 0.29) is 0 Å². The molecular weight excluding hydrogens is 253 g/mol. The van der Waals surface area contributed by atoms with E-state index in [4.69, 9.17) is 4.74 Å². The van der Waals surface area contributed by atoms with Crippen LogP contribution >= 0.6 is 0 Å². The highest BCUT2D eigenvalue weighted by molar-refractivity contribution is 6.50. The molecule has 0 aromatic heterocycles. The van der Waals surface area contributed by atoms with Crippen LogP contribution in [0.2, 0.25) is 0 Å². The molecule has 0 atom stereocenters. The quantitative estimate of drug-likeness (QED) is 0.425. The molecule has 1 saturated heterocycles. The molecular formula is C10H22AlF4NO. The summed E-state index contributed by atoms with van der Waals surface area (Å²) in [5, 5.41) is 0. The van der Waals surface area contributed by atoms with Crippen molar-refractivity contribution in [2.75, 3.05) is 33.5 Å². The molecule has 104 valence electrons. The Hall–Kier alpha value is 0.172. The summed E-state index contributed by atoms with van der Waals surface area (Å²) in [5.74, 6) is 0. The molecule has 2 nitrogen and oxygen atoms in total. The number of ether oxygens (including phenoxy) is 1. The molecule has 0 aromatic rings. The Morgan fingerprint density at radius 2 is 1.59 bits per heavy atom. The lowest BCUT2D eigenvalue weighted by Gasteiger charge is -2.33. The summed E-state index contributed by atoms with van der Waals surface area (Å²) < 4.78 is 45.9. The summed E-state index contributed by atoms with van der Waals surface area (Å²) in [5.41, 5.74) is 0. The van der Waals surface area contributed by atoms with Crippen molar-refractivity contribution in [2.24, 2.45) is 0 Å². The average molecular weight is 275 g/mol. The first-order chi connectivity index (χ1) is 7.83. The normalized spacial score (nSPS) is 18.7. The molecule has 0 N–H and O–H groups in total. The van der Waals surface area contributed by atoms with Gasteiger partial charge in [-0.05, 0) is 6.42 Å². The molecule has 17 heavy (non-hydrogen) atoms. The molecule has 1 aliphatic rings. The molecule has 0 spiro atoms. The first-order valence-electron chi connectivity index (χ1n) is 6.04. The molecule has 0 aromatic carbocycles. The van der Waals surface area contributed by atoms with Gasteiger partial charge in [-0.2, -0.15) is 0 Å². The minimum Gasteiger partial charge on any atom is -0.510 e. The van der Waals surface area contributed by atoms with Crippen molar-refractivity contribution in [1.82, 2.24) is 0 Å². The number of halogens is 4. The Kier molecular flexibility index (Phi) is 8.39. The van der Waals surface area contributed by atoms with Gasteiger partial charge in [-0.1, -0.05) is 13.3 Å². The minimum absolute atomic E-state index is 0.931. The number of rotatable bonds is 5. The first kappa shape index (κ1) is 17.2. The summed E-state index contributed by atoms with van der Waals surface area (Å²) in [6.07, 6.45) is 5.45. The molecule has 1 fully saturated rings. The molecule has 0 aliphatic carbocycles. The molecule has 0 amide bonds. The Morgan fingerprint density at radius 3 is 1.94 bits per heavy atom. The second kappa shape index (κ2) is 8.31. The largest absolute Gasteiger partial charge is 1.04 e. The van der Waals surface area contributed by atoms with Crippen molar-refractivity contribution in [1.29, 1.82) is 0 Å². The van der Waals surface area contributed by atoms with Crippen molar-refractivity contribution in [3.63, 3.8) is 0 Å². The lowest BCUT2D eigenvalue weighted by molar-refractivity contribution is -0.934. The Bertz CT molecular complexity index is 189. The monoisotopic (exact) mass is 275 g/mol. The van der Waals surface area contributed by atoms with Gasteiger partial charge in [0.05, 0.1) is 19.6 Å². The van der Waals surface area contributed by atoms with Crippen LogP contribution in [-0.4, -0.2) is 52.9 Å². The van der Waals surface area contributed by atoms with Crippen LogP contribution in [0.15, 0.2) is 0 Å². The van der Waals surface area contributed by atoms with E-state index in [1.165, 1.54) is 49.8 Å². The summed E-state index contributed by atoms with van der Waals surface area (Å²) >= 11 is -6.83. The van der Waals surface area contributed by atoms with Crippen LogP contribution in [-0.2, 0) is 4.74 Å². The van der Waals surface area contributed by atoms with E-state index in [0.29, 0.717) is 0 Å². The van der Waals surface area contributed by atoms with Crippen molar-refractivity contribution in [3.05, 3.63) is 0 Å². The maximum atomic E-state index is 9.85. The van der Waals surface area contributed by atoms with Crippen LogP contribution in [0.4, 0.5) is 14.1 Å². The zero-order valence-corrected chi connectivity index (χ0v) is 11.8. The number of quaternary nitrogens is 1. The van der Waals surface area contributed by atoms with Gasteiger partial charge in [0.25, 0.3) is 0 Å². The van der Waals surface area contributed by atoms with Gasteiger partial charge in [0.15, 0.2) is 6.73 Å². The third-order valence-corrected chi connectivity index (χ3v) is 2.90. The van der Waals surface area contributed by atoms with Gasteiger partial charge in [0.2, 0.25) is 0 Å². The predicted molar refractivity (Wildman–Crippen MR) is 61.1 cm³/mol. The van der Waals surface area contributed by atoms with Crippen LogP contribution < -0.4 is 0 Å². The zero-order valence-electron chi connectivity index (χ0n) is 10.6. The highest BCUT2D eigenvalue weighted by atomic mass is 27.5. The zero-order chi connectivity index (χ0) is 13.4. The van der Waals surface area contributed by atoms with E-state index in [9.17, 15) is 14.1 Å². The third-order valence-electron chi connectivity index (χ3n) is 2.90. The van der Waals surface area contributed by atoms with Crippen LogP contribution in [0.1, 0.15) is 32.6 Å². The number of methoxy groups -OCH3 is 1. The van der Waals surface area contributed by atoms with Crippen molar-refractivity contribution in [3.8, 4) is 0 Å². The minimum atomic E-state index is -6.83. The maximum absolute atomic E-state index is 9.85. The maximum Gasteiger partial charge on any atom is 1.04 e. The van der Waals surface area contributed by atoms with Gasteiger partial charge >= 0.3 is 14.9 Å². The van der Waals surface area contributed by atoms with Gasteiger partial charge in [-0.15, -0.1) is 0 Å². The van der Waals surface area contributed by atoms with E-state index in [1.54, 1.807) is 0 Å². The molecule has 1 rings (SSSR count). The van der Waals surface area contributed by atoms with Crippen molar-refractivity contribution < 1.29 is 23.3 Å². The molecule has 0 unspecified atom stereocenters. The van der Waals surface area contributed by atoms with Gasteiger partial charge in [0, 0.05) is 20.0 Å². The number of hydrogen-bond donors (Lipinski definition) is 0. The molecule has 7 heteroatoms. The topological polar surface area (TPSA) is 9.23 Å². The second-order valence-electron chi connectivity index (χ2n) is 4.49. The van der Waals surface area contributed by atoms with E-state index in [2.05, 4.69) is 6.92 Å². The van der Waals surface area contributed by atoms with Crippen LogP contribution in [0.25, 0.3) is 0 Å². The summed E-state index contributed by atoms with van der Waals surface area (Å²) in [4.78, 5) is 0. The van der Waals surface area contributed by atoms with Crippen LogP contribution in [0, 0.1) is 0 Å². The number of hydrogen-bond acceptors (Lipinski definition) is 1. The lowest BCUT2D eigenvalue weighted by Crippen LogP contribution is -2.47. The van der Waals surface area contributed by atoms with Gasteiger partial charge in [0.1, 0.15) is 0 Å². The highest BCUT2D eigenvalue weighted by Gasteiger charge is 2.41. The van der Waals surface area contributed by atoms with E-state index in [1.807, 2.05) is 7.11 Å². The van der Waals surface area contributed by atoms with Crippen molar-refractivity contribution in [2.45, 2.75) is 32.6 Å². The second-order valence-corrected chi connectivity index (χ2v) is 5.48. The fourth-order valence-corrected chi connectivity index (χ4v) is 2.19. The van der Waals surface area contributed by atoms with E-state index in [0.717, 1.165) is 6.73 Å². The standard InChI is InChI=1S/C10H22NO.Al.4FH/c1-3-4-7-11(10-12-2)8-5-6-9-11;;;;;/h3-10H2,1-2H3;;4*1H/q+1;+3;;;;/p-4. The third kappa shape index (κ3) is 9.84. The summed E-state index contributed by atoms with van der Waals surface area (Å²) in [7, 11) is 1.82. The number of likely N-dealkylation sites (tertiary alicyclic amines) is 1. The molecule has 1 aliphatic heterocycles. The van der Waals surface area contributed by atoms with Gasteiger partial charge in [-0.25, -0.2) is 0 Å². The SMILES string of the molecule is CCCC[N+]1(COC)CCCC1.[F][Al-]([F])([F])[F]. The van der Waals surface area contributed by atoms with E-state index < -0.39 is 14.9 Å². The lowest BCUT2D eigenvalue weighted by atomic mass is 10.3. The fraction of sp³-hybridized carbons (Fsp3) is 1.00. The number of nitrogens with zero attached hydrogens (tertiary/aromatic N) is 1. The molecule has 0 radical (unpaired) electrons. The van der Waals surface area contributed by atoms with Gasteiger partial charge < -0.3 is 23.3 Å². The Balaban J connectivity index is 0.000000437. The molecule has 1 heterocycles. The summed E-state index contributed by atoms with van der Waals surface area (Å²) in [6, 6.07) is 0. The van der Waals surface area contributed by atoms with Crippen molar-refractivity contribution >= 4 is 14.9 Å². The smallest absolute Gasteiger partial charge is 0.510 e. The van der Waals surface area contributed by atoms with Crippen LogP contribution in [0.3, 0.4) is 0 Å². The van der Waals surface area contributed by atoms with Gasteiger partial charge in [-0.3, -0.25) is 0 Å². The van der Waals surface area contributed by atoms with E-state index >= 15 is 0 Å². The summed E-state index contributed by atoms with van der Waals surface area (Å²) in [6.45, 7) is 7.20. The average Bonchev–Trinajstić information content (AvgIpc) is 2.62. The fourth-order valence-electron chi connectivity index (χ4n) is 2.19. The Morgan fingerprint density at radius 1 is 1.12 bits per heavy atom. The van der Waals surface area contributed by atoms with Crippen LogP contribution in [0.5, 0.6) is 0 Å². The molecule has 0 saturated carbocycles. The first-order valence-corrected chi connectivity index (χ1v) is 7.79. The highest BCUT2D eigenvalue weighted by Crippen LogP contribution is 2.20. The predicted octanol–water partition coefficient (Wildman–Crippen LogP) is 3.30.